The molecule has 116 valence electrons. The summed E-state index contributed by atoms with van der Waals surface area (Å²) in [7, 11) is 1.69. The van der Waals surface area contributed by atoms with E-state index in [9.17, 15) is 0 Å². The molecule has 0 unspecified atom stereocenters. The van der Waals surface area contributed by atoms with E-state index in [0.29, 0.717) is 0 Å². The number of hydrogen-bond donors (Lipinski definition) is 2. The fourth-order valence-electron chi connectivity index (χ4n) is 2.85. The smallest absolute Gasteiger partial charge is 0.144 e. The molecule has 1 aliphatic heterocycles. The maximum absolute atomic E-state index is 5.52. The molecule has 1 aliphatic rings. The SMILES string of the molecule is COc1c/c(=C2\C=c3sccc3=N2)[nH]/c1=C\c1[nH]c(C)cc1C. The summed E-state index contributed by atoms with van der Waals surface area (Å²) in [5, 5.41) is 5.02. The Balaban J connectivity index is 1.92. The van der Waals surface area contributed by atoms with Crippen molar-refractivity contribution in [3.8, 4) is 5.75 Å². The summed E-state index contributed by atoms with van der Waals surface area (Å²) in [5.74, 6) is 0.818. The number of H-pyrrole nitrogens is 2. The standard InChI is InChI=1S/C18H17N3OS/c1-10-6-11(2)19-13(10)7-16-17(22-3)8-14(21-16)15-9-18-12(20-15)4-5-23-18/h4-9,19,21H,1-3H3/b15-14-,16-7-. The molecule has 0 bridgehead atoms. The third-order valence-corrected chi connectivity index (χ3v) is 4.82. The van der Waals surface area contributed by atoms with Crippen LogP contribution in [0.3, 0.4) is 0 Å². The molecule has 4 rings (SSSR count). The number of aryl methyl sites for hydroxylation is 2. The molecule has 0 aliphatic carbocycles. The molecule has 4 nitrogen and oxygen atoms in total. The van der Waals surface area contributed by atoms with E-state index in [1.165, 1.54) is 10.1 Å². The van der Waals surface area contributed by atoms with Crippen molar-refractivity contribution in [2.24, 2.45) is 4.99 Å². The number of aromatic amines is 2. The zero-order valence-corrected chi connectivity index (χ0v) is 14.0. The predicted molar refractivity (Wildman–Crippen MR) is 93.4 cm³/mol. The number of fused-ring (bicyclic) bond motifs is 1. The van der Waals surface area contributed by atoms with E-state index < -0.39 is 0 Å². The van der Waals surface area contributed by atoms with Crippen LogP contribution in [0.4, 0.5) is 0 Å². The second-order valence-electron chi connectivity index (χ2n) is 5.67. The van der Waals surface area contributed by atoms with Gasteiger partial charge in [0.1, 0.15) is 5.75 Å². The van der Waals surface area contributed by atoms with Gasteiger partial charge in [-0.15, -0.1) is 11.3 Å². The summed E-state index contributed by atoms with van der Waals surface area (Å²) in [4.78, 5) is 11.5. The Bertz CT molecular complexity index is 1100. The van der Waals surface area contributed by atoms with Gasteiger partial charge in [-0.1, -0.05) is 0 Å². The molecule has 0 saturated heterocycles. The van der Waals surface area contributed by atoms with Gasteiger partial charge >= 0.3 is 0 Å². The van der Waals surface area contributed by atoms with E-state index in [1.54, 1.807) is 18.4 Å². The van der Waals surface area contributed by atoms with Crippen LogP contribution in [0.2, 0.25) is 0 Å². The fourth-order valence-corrected chi connectivity index (χ4v) is 3.61. The Hall–Kier alpha value is -2.53. The number of nitrogens with zero attached hydrogens (tertiary/aromatic N) is 1. The topological polar surface area (TPSA) is 53.2 Å². The lowest BCUT2D eigenvalue weighted by molar-refractivity contribution is 0.412. The van der Waals surface area contributed by atoms with Crippen LogP contribution in [0.5, 0.6) is 5.75 Å². The predicted octanol–water partition coefficient (Wildman–Crippen LogP) is 1.08. The lowest BCUT2D eigenvalue weighted by Gasteiger charge is -1.94. The van der Waals surface area contributed by atoms with Gasteiger partial charge in [0, 0.05) is 17.5 Å². The molecule has 0 radical (unpaired) electrons. The van der Waals surface area contributed by atoms with Gasteiger partial charge in [-0.25, -0.2) is 4.99 Å². The number of nitrogens with one attached hydrogen (secondary N) is 2. The van der Waals surface area contributed by atoms with E-state index in [-0.39, 0.29) is 0 Å². The Morgan fingerprint density at radius 2 is 2.09 bits per heavy atom. The third-order valence-electron chi connectivity index (χ3n) is 3.97. The van der Waals surface area contributed by atoms with Crippen LogP contribution in [0.25, 0.3) is 17.8 Å². The zero-order chi connectivity index (χ0) is 16.0. The van der Waals surface area contributed by atoms with Crippen molar-refractivity contribution in [3.05, 3.63) is 61.1 Å². The van der Waals surface area contributed by atoms with Crippen molar-refractivity contribution in [1.82, 2.24) is 9.97 Å². The summed E-state index contributed by atoms with van der Waals surface area (Å²) in [6.45, 7) is 4.15. The second kappa shape index (κ2) is 5.28. The van der Waals surface area contributed by atoms with Crippen molar-refractivity contribution >= 4 is 29.2 Å². The number of ether oxygens (including phenoxy) is 1. The van der Waals surface area contributed by atoms with Gasteiger partial charge in [0.05, 0.1) is 33.4 Å². The summed E-state index contributed by atoms with van der Waals surface area (Å²) < 4.78 is 6.72. The molecule has 0 amide bonds. The largest absolute Gasteiger partial charge is 0.494 e. The van der Waals surface area contributed by atoms with Crippen molar-refractivity contribution in [3.63, 3.8) is 0 Å². The minimum absolute atomic E-state index is 0.818. The first kappa shape index (κ1) is 14.1. The lowest BCUT2D eigenvalue weighted by Crippen LogP contribution is -2.12. The van der Waals surface area contributed by atoms with Crippen LogP contribution in [0.1, 0.15) is 17.0 Å². The summed E-state index contributed by atoms with van der Waals surface area (Å²) in [6.07, 6.45) is 4.19. The minimum Gasteiger partial charge on any atom is -0.494 e. The Kier molecular flexibility index (Phi) is 3.23. The monoisotopic (exact) mass is 323 g/mol. The van der Waals surface area contributed by atoms with Crippen molar-refractivity contribution in [2.75, 3.05) is 7.11 Å². The van der Waals surface area contributed by atoms with Gasteiger partial charge in [-0.2, -0.15) is 0 Å². The average molecular weight is 323 g/mol. The van der Waals surface area contributed by atoms with E-state index in [4.69, 9.17) is 4.74 Å². The van der Waals surface area contributed by atoms with Gasteiger partial charge < -0.3 is 14.7 Å². The van der Waals surface area contributed by atoms with Gasteiger partial charge in [0.25, 0.3) is 0 Å². The molecule has 3 aromatic heterocycles. The first-order valence-electron chi connectivity index (χ1n) is 7.43. The van der Waals surface area contributed by atoms with Crippen LogP contribution in [-0.4, -0.2) is 17.1 Å². The molecule has 0 fully saturated rings. The minimum atomic E-state index is 0.818. The van der Waals surface area contributed by atoms with Crippen LogP contribution in [0, 0.1) is 13.8 Å². The molecule has 4 heterocycles. The van der Waals surface area contributed by atoms with Gasteiger partial charge in [0.2, 0.25) is 0 Å². The van der Waals surface area contributed by atoms with Crippen molar-refractivity contribution in [2.45, 2.75) is 13.8 Å². The maximum atomic E-state index is 5.52. The van der Waals surface area contributed by atoms with E-state index in [0.717, 1.165) is 38.9 Å². The number of hydrogen-bond acceptors (Lipinski definition) is 3. The number of aromatic nitrogens is 2. The van der Waals surface area contributed by atoms with Crippen LogP contribution < -0.4 is 25.3 Å². The highest BCUT2D eigenvalue weighted by Crippen LogP contribution is 2.10. The van der Waals surface area contributed by atoms with Crippen molar-refractivity contribution < 1.29 is 4.74 Å². The van der Waals surface area contributed by atoms with Gasteiger partial charge in [-0.3, -0.25) is 0 Å². The molecule has 0 atom stereocenters. The van der Waals surface area contributed by atoms with Gasteiger partial charge in [0.15, 0.2) is 0 Å². The number of rotatable bonds is 2. The molecule has 0 saturated carbocycles. The summed E-state index contributed by atoms with van der Waals surface area (Å²) >= 11 is 1.71. The third kappa shape index (κ3) is 2.43. The highest BCUT2D eigenvalue weighted by Gasteiger charge is 2.07. The van der Waals surface area contributed by atoms with Gasteiger partial charge in [-0.05, 0) is 49.1 Å². The second-order valence-corrected chi connectivity index (χ2v) is 6.62. The Morgan fingerprint density at radius 1 is 1.22 bits per heavy atom. The molecule has 5 heteroatoms. The summed E-state index contributed by atoms with van der Waals surface area (Å²) in [6, 6.07) is 6.18. The highest BCUT2D eigenvalue weighted by molar-refractivity contribution is 7.07. The van der Waals surface area contributed by atoms with Crippen LogP contribution in [0.15, 0.2) is 28.6 Å². The fraction of sp³-hybridized carbons (Fsp3) is 0.167. The molecule has 0 spiro atoms. The number of thiophene rings is 1. The van der Waals surface area contributed by atoms with E-state index in [1.807, 2.05) is 12.1 Å². The maximum Gasteiger partial charge on any atom is 0.144 e. The van der Waals surface area contributed by atoms with E-state index >= 15 is 0 Å². The normalized spacial score (nSPS) is 16.2. The number of methoxy groups -OCH3 is 1. The zero-order valence-electron chi connectivity index (χ0n) is 13.2. The molecular weight excluding hydrogens is 306 g/mol. The Morgan fingerprint density at radius 3 is 2.78 bits per heavy atom. The van der Waals surface area contributed by atoms with Crippen LogP contribution >= 0.6 is 11.3 Å². The first-order chi connectivity index (χ1) is 11.1. The van der Waals surface area contributed by atoms with E-state index in [2.05, 4.69) is 52.4 Å². The van der Waals surface area contributed by atoms with Crippen molar-refractivity contribution in [1.29, 1.82) is 0 Å². The first-order valence-corrected chi connectivity index (χ1v) is 8.31. The molecular formula is C18H17N3OS. The van der Waals surface area contributed by atoms with Crippen LogP contribution in [-0.2, 0) is 0 Å². The molecule has 23 heavy (non-hydrogen) atoms. The summed E-state index contributed by atoms with van der Waals surface area (Å²) in [5.41, 5.74) is 4.40. The quantitative estimate of drug-likeness (QED) is 0.728. The molecule has 2 N–H and O–H groups in total. The average Bonchev–Trinajstić information content (AvgIpc) is 3.23. The molecule has 3 aromatic rings. The highest BCUT2D eigenvalue weighted by atomic mass is 32.1. The lowest BCUT2D eigenvalue weighted by atomic mass is 10.2. The molecule has 0 aromatic carbocycles. The Labute approximate surface area is 137 Å².